The zero-order chi connectivity index (χ0) is 24.2. The molecule has 34 heavy (non-hydrogen) atoms. The Balaban J connectivity index is 1.80. The summed E-state index contributed by atoms with van der Waals surface area (Å²) in [5.74, 6) is 0.614. The van der Waals surface area contributed by atoms with E-state index in [0.717, 1.165) is 47.5 Å². The van der Waals surface area contributed by atoms with E-state index in [-0.39, 0.29) is 11.7 Å². The minimum Gasteiger partial charge on any atom is -0.493 e. The normalized spacial score (nSPS) is 17.8. The second-order valence-electron chi connectivity index (χ2n) is 8.79. The van der Waals surface area contributed by atoms with Gasteiger partial charge in [0.05, 0.1) is 13.7 Å². The van der Waals surface area contributed by atoms with Gasteiger partial charge in [-0.3, -0.25) is 9.59 Å². The van der Waals surface area contributed by atoms with Crippen LogP contribution in [0.25, 0.3) is 0 Å². The molecule has 0 aromatic heterocycles. The van der Waals surface area contributed by atoms with E-state index >= 15 is 0 Å². The summed E-state index contributed by atoms with van der Waals surface area (Å²) in [6.45, 7) is 6.49. The minimum atomic E-state index is -0.484. The molecule has 4 rings (SSSR count). The van der Waals surface area contributed by atoms with Gasteiger partial charge in [0, 0.05) is 40.6 Å². The van der Waals surface area contributed by atoms with E-state index in [1.807, 2.05) is 63.2 Å². The van der Waals surface area contributed by atoms with E-state index in [9.17, 15) is 9.59 Å². The number of Topliss-reactive ketones (excluding diaryl/α,β-unsaturated/α-hetero) is 1. The van der Waals surface area contributed by atoms with Crippen molar-refractivity contribution in [2.75, 3.05) is 19.0 Å². The minimum absolute atomic E-state index is 0.0812. The highest BCUT2D eigenvalue weighted by Crippen LogP contribution is 2.44. The van der Waals surface area contributed by atoms with Crippen molar-refractivity contribution in [3.05, 3.63) is 76.1 Å². The first kappa shape index (κ1) is 23.6. The largest absolute Gasteiger partial charge is 0.493 e. The molecule has 178 valence electrons. The van der Waals surface area contributed by atoms with Gasteiger partial charge in [-0.25, -0.2) is 0 Å². The summed E-state index contributed by atoms with van der Waals surface area (Å²) in [4.78, 5) is 26.8. The first-order valence-electron chi connectivity index (χ1n) is 11.9. The molecule has 0 radical (unpaired) electrons. The lowest BCUT2D eigenvalue weighted by molar-refractivity contribution is -0.116. The lowest BCUT2D eigenvalue weighted by atomic mass is 9.75. The topological polar surface area (TPSA) is 76.7 Å². The van der Waals surface area contributed by atoms with Crippen LogP contribution in [0.1, 0.15) is 56.6 Å². The number of anilines is 1. The van der Waals surface area contributed by atoms with E-state index in [1.54, 1.807) is 7.11 Å². The summed E-state index contributed by atoms with van der Waals surface area (Å²) in [5.41, 5.74) is 5.45. The van der Waals surface area contributed by atoms with Crippen molar-refractivity contribution in [1.82, 2.24) is 5.32 Å². The Morgan fingerprint density at radius 3 is 2.65 bits per heavy atom. The quantitative estimate of drug-likeness (QED) is 0.579. The number of aryl methyl sites for hydroxylation is 1. The first-order valence-corrected chi connectivity index (χ1v) is 11.9. The fourth-order valence-electron chi connectivity index (χ4n) is 4.72. The van der Waals surface area contributed by atoms with Crippen LogP contribution >= 0.6 is 0 Å². The lowest BCUT2D eigenvalue weighted by Crippen LogP contribution is -2.35. The molecule has 2 aromatic carbocycles. The van der Waals surface area contributed by atoms with Crippen molar-refractivity contribution in [1.29, 1.82) is 0 Å². The molecule has 1 atom stereocenters. The number of para-hydroxylation sites is 1. The van der Waals surface area contributed by atoms with Gasteiger partial charge in [-0.15, -0.1) is 0 Å². The average molecular weight is 461 g/mol. The summed E-state index contributed by atoms with van der Waals surface area (Å²) >= 11 is 0. The van der Waals surface area contributed by atoms with Crippen LogP contribution in [0, 0.1) is 6.92 Å². The summed E-state index contributed by atoms with van der Waals surface area (Å²) in [6, 6.07) is 13.4. The molecule has 0 unspecified atom stereocenters. The Hall–Kier alpha value is -3.54. The number of allylic oxidation sites excluding steroid dienone is 3. The molecular weight excluding hydrogens is 428 g/mol. The maximum absolute atomic E-state index is 13.7. The van der Waals surface area contributed by atoms with Gasteiger partial charge in [0.15, 0.2) is 17.3 Å². The molecule has 1 heterocycles. The fraction of sp³-hybridized carbons (Fsp3) is 0.357. The van der Waals surface area contributed by atoms with Crippen molar-refractivity contribution >= 4 is 17.4 Å². The maximum atomic E-state index is 13.7. The number of nitrogens with one attached hydrogen (secondary N) is 2. The number of carbonyl (C=O) groups excluding carboxylic acids is 2. The molecule has 0 saturated carbocycles. The standard InChI is InChI=1S/C28H32N2O4/c1-5-15-34-23-14-13-19(16-24(23)33-4)26-25(28(32)30-20-10-7-6-9-17(20)2)18(3)29-21-11-8-12-22(31)27(21)26/h6-7,9-10,13-14,16,26,29H,5,8,11-12,15H2,1-4H3,(H,30,32)/t26-/m1/s1. The maximum Gasteiger partial charge on any atom is 0.254 e. The monoisotopic (exact) mass is 460 g/mol. The van der Waals surface area contributed by atoms with Crippen molar-refractivity contribution in [2.45, 2.75) is 52.4 Å². The number of benzene rings is 2. The Morgan fingerprint density at radius 2 is 1.91 bits per heavy atom. The highest BCUT2D eigenvalue weighted by Gasteiger charge is 2.38. The molecule has 0 spiro atoms. The zero-order valence-electron chi connectivity index (χ0n) is 20.3. The van der Waals surface area contributed by atoms with Crippen molar-refractivity contribution in [3.8, 4) is 11.5 Å². The molecule has 1 amide bonds. The third-order valence-electron chi connectivity index (χ3n) is 6.40. The molecule has 6 nitrogen and oxygen atoms in total. The molecule has 1 aliphatic carbocycles. The zero-order valence-corrected chi connectivity index (χ0v) is 20.3. The molecule has 0 bridgehead atoms. The Kier molecular flexibility index (Phi) is 7.06. The third-order valence-corrected chi connectivity index (χ3v) is 6.40. The van der Waals surface area contributed by atoms with Gasteiger partial charge >= 0.3 is 0 Å². The van der Waals surface area contributed by atoms with Crippen molar-refractivity contribution in [2.24, 2.45) is 0 Å². The number of dihydropyridines is 1. The molecule has 2 aliphatic rings. The van der Waals surface area contributed by atoms with Crippen LogP contribution in [-0.4, -0.2) is 25.4 Å². The third kappa shape index (κ3) is 4.58. The number of rotatable bonds is 7. The summed E-state index contributed by atoms with van der Waals surface area (Å²) < 4.78 is 11.4. The van der Waals surface area contributed by atoms with Crippen LogP contribution in [-0.2, 0) is 9.59 Å². The number of carbonyl (C=O) groups is 2. The van der Waals surface area contributed by atoms with Crippen molar-refractivity contribution < 1.29 is 19.1 Å². The smallest absolute Gasteiger partial charge is 0.254 e. The number of hydrogen-bond donors (Lipinski definition) is 2. The van der Waals surface area contributed by atoms with Crippen LogP contribution in [0.15, 0.2) is 65.0 Å². The molecule has 0 saturated heterocycles. The van der Waals surface area contributed by atoms with E-state index < -0.39 is 5.92 Å². The van der Waals surface area contributed by atoms with Gasteiger partial charge in [0.25, 0.3) is 5.91 Å². The number of hydrogen-bond acceptors (Lipinski definition) is 5. The van der Waals surface area contributed by atoms with Crippen LogP contribution in [0.5, 0.6) is 11.5 Å². The van der Waals surface area contributed by atoms with Gasteiger partial charge in [0.2, 0.25) is 0 Å². The Bertz CT molecular complexity index is 1180. The van der Waals surface area contributed by atoms with Crippen LogP contribution in [0.3, 0.4) is 0 Å². The van der Waals surface area contributed by atoms with E-state index in [2.05, 4.69) is 10.6 Å². The highest BCUT2D eigenvalue weighted by molar-refractivity contribution is 6.10. The fourth-order valence-corrected chi connectivity index (χ4v) is 4.72. The predicted octanol–water partition coefficient (Wildman–Crippen LogP) is 5.40. The SMILES string of the molecule is CCCOc1ccc([C@@H]2C(C(=O)Nc3ccccc3C)=C(C)NC3=C2C(=O)CCC3)cc1OC. The van der Waals surface area contributed by atoms with E-state index in [1.165, 1.54) is 0 Å². The number of ketones is 1. The molecular formula is C28H32N2O4. The number of amides is 1. The second-order valence-corrected chi connectivity index (χ2v) is 8.79. The Labute approximate surface area is 201 Å². The number of methoxy groups -OCH3 is 1. The molecule has 2 N–H and O–H groups in total. The molecule has 6 heteroatoms. The lowest BCUT2D eigenvalue weighted by Gasteiger charge is -2.34. The summed E-state index contributed by atoms with van der Waals surface area (Å²) in [7, 11) is 1.60. The summed E-state index contributed by atoms with van der Waals surface area (Å²) in [5, 5.41) is 6.43. The van der Waals surface area contributed by atoms with Gasteiger partial charge in [-0.2, -0.15) is 0 Å². The molecule has 1 aliphatic heterocycles. The van der Waals surface area contributed by atoms with Crippen LogP contribution in [0.2, 0.25) is 0 Å². The molecule has 2 aromatic rings. The van der Waals surface area contributed by atoms with Crippen molar-refractivity contribution in [3.63, 3.8) is 0 Å². The Morgan fingerprint density at radius 1 is 1.12 bits per heavy atom. The molecule has 0 fully saturated rings. The van der Waals surface area contributed by atoms with Gasteiger partial charge in [0.1, 0.15) is 0 Å². The van der Waals surface area contributed by atoms with Gasteiger partial charge in [-0.1, -0.05) is 31.2 Å². The second kappa shape index (κ2) is 10.2. The van der Waals surface area contributed by atoms with Gasteiger partial charge in [-0.05, 0) is 62.4 Å². The van der Waals surface area contributed by atoms with E-state index in [0.29, 0.717) is 35.7 Å². The number of ether oxygens (including phenoxy) is 2. The van der Waals surface area contributed by atoms with Gasteiger partial charge < -0.3 is 20.1 Å². The average Bonchev–Trinajstić information content (AvgIpc) is 2.83. The van der Waals surface area contributed by atoms with Crippen LogP contribution < -0.4 is 20.1 Å². The van der Waals surface area contributed by atoms with Crippen LogP contribution in [0.4, 0.5) is 5.69 Å². The summed E-state index contributed by atoms with van der Waals surface area (Å²) in [6.07, 6.45) is 2.96. The van der Waals surface area contributed by atoms with E-state index in [4.69, 9.17) is 9.47 Å². The predicted molar refractivity (Wildman–Crippen MR) is 133 cm³/mol. The first-order chi connectivity index (χ1) is 16.4. The highest BCUT2D eigenvalue weighted by atomic mass is 16.5.